The Morgan fingerprint density at radius 3 is 2.50 bits per heavy atom. The second kappa shape index (κ2) is 4.42. The Morgan fingerprint density at radius 1 is 1.25 bits per heavy atom. The largest absolute Gasteiger partial charge is 0.303 e. The van der Waals surface area contributed by atoms with Crippen molar-refractivity contribution in [1.29, 1.82) is 0 Å². The lowest BCUT2D eigenvalue weighted by Gasteiger charge is -2.09. The minimum atomic E-state index is 0.904. The predicted octanol–water partition coefficient (Wildman–Crippen LogP) is 3.69. The lowest BCUT2D eigenvalue weighted by atomic mass is 10.1. The molecule has 0 aliphatic heterocycles. The van der Waals surface area contributed by atoms with Crippen LogP contribution in [0.2, 0.25) is 0 Å². The van der Waals surface area contributed by atoms with Gasteiger partial charge in [-0.2, -0.15) is 0 Å². The highest BCUT2D eigenvalue weighted by Crippen LogP contribution is 2.19. The number of aryl methyl sites for hydroxylation is 2. The highest BCUT2D eigenvalue weighted by molar-refractivity contribution is 9.08. The van der Waals surface area contributed by atoms with Crippen LogP contribution >= 0.6 is 15.9 Å². The number of aromatic nitrogens is 2. The van der Waals surface area contributed by atoms with Crippen molar-refractivity contribution >= 4 is 15.9 Å². The van der Waals surface area contributed by atoms with Crippen molar-refractivity contribution in [2.24, 2.45) is 0 Å². The van der Waals surface area contributed by atoms with Gasteiger partial charge < -0.3 is 4.57 Å². The molecule has 0 amide bonds. The van der Waals surface area contributed by atoms with Gasteiger partial charge in [-0.15, -0.1) is 0 Å². The Hall–Kier alpha value is -1.09. The predicted molar refractivity (Wildman–Crippen MR) is 70.4 cm³/mol. The first-order chi connectivity index (χ1) is 7.63. The van der Waals surface area contributed by atoms with Crippen molar-refractivity contribution in [2.45, 2.75) is 26.1 Å². The molecule has 0 N–H and O–H groups in total. The van der Waals surface area contributed by atoms with Crippen molar-refractivity contribution in [2.75, 3.05) is 0 Å². The molecule has 2 nitrogen and oxygen atoms in total. The van der Waals surface area contributed by atoms with E-state index < -0.39 is 0 Å². The molecule has 1 heterocycles. The van der Waals surface area contributed by atoms with Crippen LogP contribution in [0.3, 0.4) is 0 Å². The number of imidazole rings is 1. The van der Waals surface area contributed by atoms with Gasteiger partial charge in [-0.25, -0.2) is 4.98 Å². The van der Waals surface area contributed by atoms with E-state index in [1.165, 1.54) is 22.5 Å². The van der Waals surface area contributed by atoms with Gasteiger partial charge in [-0.1, -0.05) is 22.0 Å². The number of alkyl halides is 1. The van der Waals surface area contributed by atoms with Crippen molar-refractivity contribution < 1.29 is 0 Å². The highest BCUT2D eigenvalue weighted by Gasteiger charge is 2.05. The third-order valence-corrected chi connectivity index (χ3v) is 3.60. The number of benzene rings is 1. The van der Waals surface area contributed by atoms with Crippen LogP contribution in [0.5, 0.6) is 0 Å². The summed E-state index contributed by atoms with van der Waals surface area (Å²) in [7, 11) is 0. The standard InChI is InChI=1S/C13H15BrN2/c1-9-6-13(5-4-12(9)7-14)16-8-15-10(2)11(16)3/h4-6,8H,7H2,1-3H3. The van der Waals surface area contributed by atoms with Crippen LogP contribution in [-0.2, 0) is 5.33 Å². The molecule has 0 bridgehead atoms. The Labute approximate surface area is 104 Å². The van der Waals surface area contributed by atoms with Gasteiger partial charge in [-0.3, -0.25) is 0 Å². The molecule has 0 fully saturated rings. The molecule has 2 rings (SSSR count). The molecule has 84 valence electrons. The van der Waals surface area contributed by atoms with E-state index in [2.05, 4.69) is 57.5 Å². The Balaban J connectivity index is 2.49. The molecule has 1 aromatic carbocycles. The van der Waals surface area contributed by atoms with E-state index in [0.29, 0.717) is 0 Å². The van der Waals surface area contributed by atoms with E-state index >= 15 is 0 Å². The maximum absolute atomic E-state index is 4.32. The molecule has 0 aliphatic carbocycles. The molecule has 0 radical (unpaired) electrons. The van der Waals surface area contributed by atoms with Crippen LogP contribution in [0, 0.1) is 20.8 Å². The van der Waals surface area contributed by atoms with E-state index in [1.807, 2.05) is 13.3 Å². The molecule has 0 unspecified atom stereocenters. The van der Waals surface area contributed by atoms with Crippen LogP contribution in [0.15, 0.2) is 24.5 Å². The van der Waals surface area contributed by atoms with Crippen molar-refractivity contribution in [3.63, 3.8) is 0 Å². The van der Waals surface area contributed by atoms with E-state index in [0.717, 1.165) is 11.0 Å². The second-order valence-corrected chi connectivity index (χ2v) is 4.59. The fraction of sp³-hybridized carbons (Fsp3) is 0.308. The molecule has 0 spiro atoms. The van der Waals surface area contributed by atoms with Crippen molar-refractivity contribution in [1.82, 2.24) is 9.55 Å². The maximum Gasteiger partial charge on any atom is 0.0997 e. The van der Waals surface area contributed by atoms with Gasteiger partial charge in [0.25, 0.3) is 0 Å². The molecular formula is C13H15BrN2. The zero-order chi connectivity index (χ0) is 11.7. The molecule has 0 aliphatic rings. The molecule has 0 saturated carbocycles. The number of rotatable bonds is 2. The first kappa shape index (κ1) is 11.4. The lowest BCUT2D eigenvalue weighted by molar-refractivity contribution is 0.996. The Morgan fingerprint density at radius 2 is 2.00 bits per heavy atom. The normalized spacial score (nSPS) is 10.8. The zero-order valence-corrected chi connectivity index (χ0v) is 11.4. The topological polar surface area (TPSA) is 17.8 Å². The molecule has 0 atom stereocenters. The molecular weight excluding hydrogens is 264 g/mol. The summed E-state index contributed by atoms with van der Waals surface area (Å²) in [4.78, 5) is 4.32. The summed E-state index contributed by atoms with van der Waals surface area (Å²) in [6, 6.07) is 6.50. The number of nitrogens with zero attached hydrogens (tertiary/aromatic N) is 2. The Bertz CT molecular complexity index is 515. The first-order valence-electron chi connectivity index (χ1n) is 5.30. The van der Waals surface area contributed by atoms with Gasteiger partial charge in [0.2, 0.25) is 0 Å². The van der Waals surface area contributed by atoms with Gasteiger partial charge in [0.15, 0.2) is 0 Å². The smallest absolute Gasteiger partial charge is 0.0997 e. The average Bonchev–Trinajstić information content (AvgIpc) is 2.60. The Kier molecular flexibility index (Phi) is 3.15. The fourth-order valence-electron chi connectivity index (χ4n) is 1.74. The number of hydrogen-bond donors (Lipinski definition) is 0. The third kappa shape index (κ3) is 1.92. The summed E-state index contributed by atoms with van der Waals surface area (Å²) in [6.07, 6.45) is 1.88. The van der Waals surface area contributed by atoms with Gasteiger partial charge in [0, 0.05) is 16.7 Å². The molecule has 2 aromatic rings. The zero-order valence-electron chi connectivity index (χ0n) is 9.79. The minimum Gasteiger partial charge on any atom is -0.303 e. The van der Waals surface area contributed by atoms with Gasteiger partial charge in [-0.05, 0) is 44.0 Å². The van der Waals surface area contributed by atoms with Crippen LogP contribution in [0.4, 0.5) is 0 Å². The summed E-state index contributed by atoms with van der Waals surface area (Å²) in [6.45, 7) is 6.26. The van der Waals surface area contributed by atoms with Gasteiger partial charge in [0.05, 0.1) is 12.0 Å². The van der Waals surface area contributed by atoms with Gasteiger partial charge >= 0.3 is 0 Å². The van der Waals surface area contributed by atoms with E-state index in [4.69, 9.17) is 0 Å². The highest BCUT2D eigenvalue weighted by atomic mass is 79.9. The summed E-state index contributed by atoms with van der Waals surface area (Å²) >= 11 is 3.49. The van der Waals surface area contributed by atoms with Crippen LogP contribution in [-0.4, -0.2) is 9.55 Å². The summed E-state index contributed by atoms with van der Waals surface area (Å²) in [5.74, 6) is 0. The van der Waals surface area contributed by atoms with Crippen molar-refractivity contribution in [3.8, 4) is 5.69 Å². The number of halogens is 1. The average molecular weight is 279 g/mol. The van der Waals surface area contributed by atoms with Crippen LogP contribution in [0.1, 0.15) is 22.5 Å². The molecule has 0 saturated heterocycles. The molecule has 1 aromatic heterocycles. The molecule has 3 heteroatoms. The minimum absolute atomic E-state index is 0.904. The van der Waals surface area contributed by atoms with Crippen LogP contribution < -0.4 is 0 Å². The monoisotopic (exact) mass is 278 g/mol. The van der Waals surface area contributed by atoms with Crippen LogP contribution in [0.25, 0.3) is 5.69 Å². The summed E-state index contributed by atoms with van der Waals surface area (Å²) in [5, 5.41) is 0.904. The maximum atomic E-state index is 4.32. The van der Waals surface area contributed by atoms with Gasteiger partial charge in [0.1, 0.15) is 0 Å². The van der Waals surface area contributed by atoms with Crippen molar-refractivity contribution in [3.05, 3.63) is 47.0 Å². The second-order valence-electron chi connectivity index (χ2n) is 4.03. The van der Waals surface area contributed by atoms with E-state index in [1.54, 1.807) is 0 Å². The third-order valence-electron chi connectivity index (χ3n) is 3.00. The lowest BCUT2D eigenvalue weighted by Crippen LogP contribution is -1.97. The summed E-state index contributed by atoms with van der Waals surface area (Å²) < 4.78 is 2.13. The quantitative estimate of drug-likeness (QED) is 0.766. The first-order valence-corrected chi connectivity index (χ1v) is 6.42. The number of hydrogen-bond acceptors (Lipinski definition) is 1. The van der Waals surface area contributed by atoms with E-state index in [9.17, 15) is 0 Å². The molecule has 16 heavy (non-hydrogen) atoms. The SMILES string of the molecule is Cc1cc(-n2cnc(C)c2C)ccc1CBr. The fourth-order valence-corrected chi connectivity index (χ4v) is 2.37. The summed E-state index contributed by atoms with van der Waals surface area (Å²) in [5.41, 5.74) is 6.10. The van der Waals surface area contributed by atoms with E-state index in [-0.39, 0.29) is 0 Å².